The maximum atomic E-state index is 12.5. The molecule has 1 aliphatic carbocycles. The van der Waals surface area contributed by atoms with Gasteiger partial charge in [-0.05, 0) is 24.3 Å². The van der Waals surface area contributed by atoms with Gasteiger partial charge in [-0.2, -0.15) is 0 Å². The SMILES string of the molecule is COC1=C(OC)C(OC)(OC)C(C=CC(=O)c2ccccc2)(OC)C=C1. The van der Waals surface area contributed by atoms with Crippen LogP contribution in [0.2, 0.25) is 0 Å². The molecule has 1 aromatic carbocycles. The molecule has 1 aromatic rings. The Bertz CT molecular complexity index is 715. The molecule has 0 N–H and O–H groups in total. The number of benzene rings is 1. The number of ether oxygens (including phenoxy) is 5. The van der Waals surface area contributed by atoms with Crippen molar-refractivity contribution in [3.63, 3.8) is 0 Å². The Labute approximate surface area is 153 Å². The van der Waals surface area contributed by atoms with Crippen LogP contribution in [0.4, 0.5) is 0 Å². The third-order valence-corrected chi connectivity index (χ3v) is 4.40. The van der Waals surface area contributed by atoms with E-state index < -0.39 is 11.4 Å². The van der Waals surface area contributed by atoms with Crippen LogP contribution < -0.4 is 0 Å². The molecule has 6 heteroatoms. The van der Waals surface area contributed by atoms with Gasteiger partial charge >= 0.3 is 0 Å². The number of hydrogen-bond donors (Lipinski definition) is 0. The van der Waals surface area contributed by atoms with Crippen LogP contribution in [0.3, 0.4) is 0 Å². The van der Waals surface area contributed by atoms with Gasteiger partial charge in [-0.3, -0.25) is 4.79 Å². The summed E-state index contributed by atoms with van der Waals surface area (Å²) in [7, 11) is 7.44. The van der Waals surface area contributed by atoms with Crippen LogP contribution in [0.5, 0.6) is 0 Å². The summed E-state index contributed by atoms with van der Waals surface area (Å²) in [6.45, 7) is 0. The lowest BCUT2D eigenvalue weighted by Gasteiger charge is -2.46. The molecule has 0 fully saturated rings. The van der Waals surface area contributed by atoms with E-state index in [9.17, 15) is 4.79 Å². The number of carbonyl (C=O) groups is 1. The van der Waals surface area contributed by atoms with Crippen LogP contribution in [-0.4, -0.2) is 52.7 Å². The van der Waals surface area contributed by atoms with E-state index >= 15 is 0 Å². The molecule has 0 amide bonds. The fraction of sp³-hybridized carbons (Fsp3) is 0.350. The van der Waals surface area contributed by atoms with Crippen molar-refractivity contribution < 1.29 is 28.5 Å². The minimum Gasteiger partial charge on any atom is -0.493 e. The van der Waals surface area contributed by atoms with Gasteiger partial charge in [-0.25, -0.2) is 0 Å². The number of carbonyl (C=O) groups excluding carboxylic acids is 1. The lowest BCUT2D eigenvalue weighted by atomic mass is 9.84. The summed E-state index contributed by atoms with van der Waals surface area (Å²) >= 11 is 0. The molecule has 0 heterocycles. The van der Waals surface area contributed by atoms with E-state index in [4.69, 9.17) is 23.7 Å². The Morgan fingerprint density at radius 1 is 0.923 bits per heavy atom. The number of methoxy groups -OCH3 is 5. The van der Waals surface area contributed by atoms with Gasteiger partial charge in [-0.15, -0.1) is 0 Å². The molecule has 140 valence electrons. The molecular formula is C20H24O6. The third kappa shape index (κ3) is 3.19. The van der Waals surface area contributed by atoms with Gasteiger partial charge in [0.05, 0.1) is 14.2 Å². The normalized spacial score (nSPS) is 21.9. The van der Waals surface area contributed by atoms with Crippen molar-refractivity contribution in [2.75, 3.05) is 35.5 Å². The van der Waals surface area contributed by atoms with Crippen molar-refractivity contribution in [3.05, 3.63) is 71.7 Å². The lowest BCUT2D eigenvalue weighted by Crippen LogP contribution is -2.59. The Balaban J connectivity index is 2.51. The van der Waals surface area contributed by atoms with E-state index in [1.54, 1.807) is 42.5 Å². The Morgan fingerprint density at radius 2 is 1.58 bits per heavy atom. The first-order chi connectivity index (χ1) is 12.5. The van der Waals surface area contributed by atoms with Crippen molar-refractivity contribution in [1.29, 1.82) is 0 Å². The summed E-state index contributed by atoms with van der Waals surface area (Å²) < 4.78 is 28.0. The van der Waals surface area contributed by atoms with Gasteiger partial charge in [0.2, 0.25) is 5.76 Å². The first-order valence-electron chi connectivity index (χ1n) is 8.00. The Kier molecular flexibility index (Phi) is 6.37. The third-order valence-electron chi connectivity index (χ3n) is 4.40. The van der Waals surface area contributed by atoms with Crippen molar-refractivity contribution >= 4 is 5.78 Å². The van der Waals surface area contributed by atoms with E-state index in [-0.39, 0.29) is 5.78 Å². The molecule has 0 aliphatic heterocycles. The van der Waals surface area contributed by atoms with E-state index in [0.29, 0.717) is 17.1 Å². The average molecular weight is 360 g/mol. The maximum Gasteiger partial charge on any atom is 0.268 e. The van der Waals surface area contributed by atoms with Crippen molar-refractivity contribution in [3.8, 4) is 0 Å². The number of rotatable bonds is 8. The Hall–Kier alpha value is -2.41. The quantitative estimate of drug-likeness (QED) is 0.404. The molecule has 0 spiro atoms. The van der Waals surface area contributed by atoms with E-state index in [1.165, 1.54) is 41.6 Å². The standard InChI is InChI=1S/C20H24O6/c1-22-17-12-14-19(24-3,20(25-4,26-5)18(17)23-2)13-11-16(21)15-9-7-6-8-10-15/h6-14H,1-5H3. The van der Waals surface area contributed by atoms with Crippen LogP contribution in [0.25, 0.3) is 0 Å². The second-order valence-corrected chi connectivity index (χ2v) is 5.52. The molecule has 0 aromatic heterocycles. The van der Waals surface area contributed by atoms with Crippen LogP contribution >= 0.6 is 0 Å². The highest BCUT2D eigenvalue weighted by atomic mass is 16.7. The zero-order chi connectivity index (χ0) is 19.2. The number of ketones is 1. The lowest BCUT2D eigenvalue weighted by molar-refractivity contribution is -0.273. The summed E-state index contributed by atoms with van der Waals surface area (Å²) in [6.07, 6.45) is 6.42. The van der Waals surface area contributed by atoms with E-state index in [1.807, 2.05) is 6.07 Å². The predicted octanol–water partition coefficient (Wildman–Crippen LogP) is 2.87. The zero-order valence-electron chi connectivity index (χ0n) is 15.6. The predicted molar refractivity (Wildman–Crippen MR) is 96.6 cm³/mol. The number of hydrogen-bond acceptors (Lipinski definition) is 6. The Morgan fingerprint density at radius 3 is 2.08 bits per heavy atom. The van der Waals surface area contributed by atoms with Gasteiger partial charge in [0.25, 0.3) is 5.79 Å². The van der Waals surface area contributed by atoms with Crippen LogP contribution in [0.1, 0.15) is 10.4 Å². The van der Waals surface area contributed by atoms with Crippen molar-refractivity contribution in [2.45, 2.75) is 11.4 Å². The molecule has 26 heavy (non-hydrogen) atoms. The topological polar surface area (TPSA) is 63.2 Å². The van der Waals surface area contributed by atoms with Gasteiger partial charge < -0.3 is 23.7 Å². The summed E-state index contributed by atoms with van der Waals surface area (Å²) in [4.78, 5) is 12.5. The molecule has 6 nitrogen and oxygen atoms in total. The molecule has 0 radical (unpaired) electrons. The molecule has 1 aliphatic rings. The van der Waals surface area contributed by atoms with Crippen LogP contribution in [0, 0.1) is 0 Å². The molecule has 0 saturated carbocycles. The van der Waals surface area contributed by atoms with Crippen LogP contribution in [0.15, 0.2) is 66.2 Å². The molecular weight excluding hydrogens is 336 g/mol. The molecule has 0 bridgehead atoms. The van der Waals surface area contributed by atoms with Crippen molar-refractivity contribution in [2.24, 2.45) is 0 Å². The minimum absolute atomic E-state index is 0.169. The minimum atomic E-state index is -1.47. The zero-order valence-corrected chi connectivity index (χ0v) is 15.6. The highest BCUT2D eigenvalue weighted by molar-refractivity contribution is 6.04. The highest BCUT2D eigenvalue weighted by Gasteiger charge is 2.58. The monoisotopic (exact) mass is 360 g/mol. The van der Waals surface area contributed by atoms with Gasteiger partial charge in [0.15, 0.2) is 17.1 Å². The largest absolute Gasteiger partial charge is 0.493 e. The van der Waals surface area contributed by atoms with E-state index in [2.05, 4.69) is 0 Å². The summed E-state index contributed by atoms with van der Waals surface area (Å²) in [5.41, 5.74) is -0.677. The molecule has 1 atom stereocenters. The fourth-order valence-electron chi connectivity index (χ4n) is 3.04. The highest BCUT2D eigenvalue weighted by Crippen LogP contribution is 2.44. The summed E-state index contributed by atoms with van der Waals surface area (Å²) in [5, 5.41) is 0. The van der Waals surface area contributed by atoms with Crippen LogP contribution in [-0.2, 0) is 23.7 Å². The second kappa shape index (κ2) is 8.31. The summed E-state index contributed by atoms with van der Waals surface area (Å²) in [5.74, 6) is -0.904. The summed E-state index contributed by atoms with van der Waals surface area (Å²) in [6, 6.07) is 8.94. The molecule has 2 rings (SSSR count). The molecule has 1 unspecified atom stereocenters. The van der Waals surface area contributed by atoms with Gasteiger partial charge in [0.1, 0.15) is 0 Å². The van der Waals surface area contributed by atoms with E-state index in [0.717, 1.165) is 0 Å². The fourth-order valence-corrected chi connectivity index (χ4v) is 3.04. The maximum absolute atomic E-state index is 12.5. The van der Waals surface area contributed by atoms with Gasteiger partial charge in [0, 0.05) is 26.9 Å². The number of allylic oxidation sites excluding steroid dienone is 2. The smallest absolute Gasteiger partial charge is 0.268 e. The van der Waals surface area contributed by atoms with Gasteiger partial charge in [-0.1, -0.05) is 30.3 Å². The van der Waals surface area contributed by atoms with Crippen molar-refractivity contribution in [1.82, 2.24) is 0 Å². The second-order valence-electron chi connectivity index (χ2n) is 5.52. The first kappa shape index (κ1) is 19.9. The first-order valence-corrected chi connectivity index (χ1v) is 8.00. The average Bonchev–Trinajstić information content (AvgIpc) is 2.71. The molecule has 0 saturated heterocycles.